The summed E-state index contributed by atoms with van der Waals surface area (Å²) in [5, 5.41) is 10.7. The lowest BCUT2D eigenvalue weighted by Gasteiger charge is -2.02. The maximum Gasteiger partial charge on any atom is 0.256 e. The number of nitrogens with one attached hydrogen (secondary N) is 1. The van der Waals surface area contributed by atoms with Crippen molar-refractivity contribution in [3.8, 4) is 5.75 Å². The van der Waals surface area contributed by atoms with E-state index in [1.165, 1.54) is 12.3 Å². The first-order chi connectivity index (χ1) is 7.75. The normalized spacial score (nSPS) is 11.0. The minimum Gasteiger partial charge on any atom is -0.506 e. The number of aromatic nitrogens is 2. The number of aromatic hydroxyl groups is 1. The molecular weight excluding hydrogens is 204 g/mol. The molecule has 0 aliphatic carbocycles. The van der Waals surface area contributed by atoms with Gasteiger partial charge in [0.2, 0.25) is 0 Å². The number of hydrogen-bond acceptors (Lipinski definition) is 3. The first-order valence-electron chi connectivity index (χ1n) is 4.85. The molecule has 0 aliphatic heterocycles. The van der Waals surface area contributed by atoms with Crippen LogP contribution in [0.3, 0.4) is 0 Å². The second kappa shape index (κ2) is 3.06. The van der Waals surface area contributed by atoms with E-state index in [4.69, 9.17) is 0 Å². The molecule has 78 valence electrons. The third kappa shape index (κ3) is 1.16. The van der Waals surface area contributed by atoms with E-state index in [-0.39, 0.29) is 11.3 Å². The molecular formula is C12H8N2O2. The fourth-order valence-corrected chi connectivity index (χ4v) is 1.84. The maximum absolute atomic E-state index is 11.7. The van der Waals surface area contributed by atoms with Crippen LogP contribution in [0.2, 0.25) is 0 Å². The monoisotopic (exact) mass is 212 g/mol. The molecule has 0 amide bonds. The van der Waals surface area contributed by atoms with Gasteiger partial charge in [0.25, 0.3) is 5.56 Å². The lowest BCUT2D eigenvalue weighted by atomic mass is 10.1. The van der Waals surface area contributed by atoms with Crippen molar-refractivity contribution in [1.82, 2.24) is 9.97 Å². The van der Waals surface area contributed by atoms with Crippen molar-refractivity contribution in [3.05, 3.63) is 46.9 Å². The summed E-state index contributed by atoms with van der Waals surface area (Å²) in [6.07, 6.45) is 1.37. The lowest BCUT2D eigenvalue weighted by molar-refractivity contribution is 0.474. The molecule has 4 nitrogen and oxygen atoms in total. The second-order valence-electron chi connectivity index (χ2n) is 3.59. The number of nitrogens with zero attached hydrogens (tertiary/aromatic N) is 1. The molecule has 0 spiro atoms. The Morgan fingerprint density at radius 2 is 1.94 bits per heavy atom. The maximum atomic E-state index is 11.7. The van der Waals surface area contributed by atoms with E-state index >= 15 is 0 Å². The van der Waals surface area contributed by atoms with Crippen LogP contribution in [0.15, 0.2) is 41.3 Å². The molecule has 2 heterocycles. The molecule has 0 radical (unpaired) electrons. The number of benzene rings is 1. The van der Waals surface area contributed by atoms with E-state index in [0.717, 1.165) is 5.39 Å². The largest absolute Gasteiger partial charge is 0.506 e. The zero-order valence-corrected chi connectivity index (χ0v) is 8.27. The Balaban J connectivity index is 2.64. The highest BCUT2D eigenvalue weighted by molar-refractivity contribution is 6.02. The van der Waals surface area contributed by atoms with Crippen molar-refractivity contribution >= 4 is 21.8 Å². The summed E-state index contributed by atoms with van der Waals surface area (Å²) in [5.41, 5.74) is 1.06. The molecule has 0 aliphatic rings. The third-order valence-corrected chi connectivity index (χ3v) is 2.55. The van der Waals surface area contributed by atoms with Gasteiger partial charge in [0, 0.05) is 16.8 Å². The van der Waals surface area contributed by atoms with Gasteiger partial charge in [0.15, 0.2) is 0 Å². The first-order valence-corrected chi connectivity index (χ1v) is 4.85. The fourth-order valence-electron chi connectivity index (χ4n) is 1.84. The predicted octanol–water partition coefficient (Wildman–Crippen LogP) is 1.78. The Bertz CT molecular complexity index is 747. The lowest BCUT2D eigenvalue weighted by Crippen LogP contribution is -2.06. The van der Waals surface area contributed by atoms with Crippen molar-refractivity contribution in [2.75, 3.05) is 0 Å². The highest BCUT2D eigenvalue weighted by Crippen LogP contribution is 2.21. The molecule has 2 N–H and O–H groups in total. The summed E-state index contributed by atoms with van der Waals surface area (Å²) in [6.45, 7) is 0. The molecule has 4 heteroatoms. The molecule has 1 aromatic carbocycles. The summed E-state index contributed by atoms with van der Waals surface area (Å²) in [5.74, 6) is 0.0402. The van der Waals surface area contributed by atoms with Crippen molar-refractivity contribution in [3.63, 3.8) is 0 Å². The average molecular weight is 212 g/mol. The van der Waals surface area contributed by atoms with Gasteiger partial charge in [0.05, 0.1) is 17.2 Å². The molecule has 3 rings (SSSR count). The van der Waals surface area contributed by atoms with Gasteiger partial charge in [-0.25, -0.2) is 0 Å². The topological polar surface area (TPSA) is 66.0 Å². The Kier molecular flexibility index (Phi) is 1.71. The van der Waals surface area contributed by atoms with Gasteiger partial charge in [-0.05, 0) is 6.07 Å². The number of fused-ring (bicyclic) bond motifs is 3. The minimum absolute atomic E-state index is 0.0402. The van der Waals surface area contributed by atoms with Crippen LogP contribution in [-0.4, -0.2) is 15.1 Å². The van der Waals surface area contributed by atoms with E-state index in [1.807, 2.05) is 18.2 Å². The quantitative estimate of drug-likeness (QED) is 0.558. The number of H-pyrrole nitrogens is 1. The number of aromatic amines is 1. The van der Waals surface area contributed by atoms with Crippen LogP contribution < -0.4 is 5.56 Å². The standard InChI is InChI=1S/C12H8N2O2/c15-7-5-10-11(13-6-7)8-3-1-2-4-9(8)12(16)14-10/h1-6,15H,(H,14,16). The highest BCUT2D eigenvalue weighted by atomic mass is 16.3. The first kappa shape index (κ1) is 8.91. The summed E-state index contributed by atoms with van der Waals surface area (Å²) in [7, 11) is 0. The van der Waals surface area contributed by atoms with Crippen LogP contribution in [0.4, 0.5) is 0 Å². The van der Waals surface area contributed by atoms with Gasteiger partial charge in [-0.15, -0.1) is 0 Å². The Morgan fingerprint density at radius 3 is 2.75 bits per heavy atom. The highest BCUT2D eigenvalue weighted by Gasteiger charge is 2.05. The molecule has 0 fully saturated rings. The number of hydrogen-bond donors (Lipinski definition) is 2. The van der Waals surface area contributed by atoms with E-state index in [1.54, 1.807) is 6.07 Å². The van der Waals surface area contributed by atoms with Gasteiger partial charge in [0.1, 0.15) is 5.75 Å². The predicted molar refractivity (Wildman–Crippen MR) is 61.5 cm³/mol. The summed E-state index contributed by atoms with van der Waals surface area (Å²) >= 11 is 0. The van der Waals surface area contributed by atoms with Crippen molar-refractivity contribution < 1.29 is 5.11 Å². The molecule has 0 atom stereocenters. The SMILES string of the molecule is O=c1[nH]c2cc(O)cnc2c2ccccc12. The molecule has 3 aromatic rings. The van der Waals surface area contributed by atoms with Gasteiger partial charge in [-0.1, -0.05) is 18.2 Å². The van der Waals surface area contributed by atoms with Crippen LogP contribution in [0.25, 0.3) is 21.8 Å². The van der Waals surface area contributed by atoms with Gasteiger partial charge >= 0.3 is 0 Å². The van der Waals surface area contributed by atoms with E-state index in [0.29, 0.717) is 16.4 Å². The van der Waals surface area contributed by atoms with Gasteiger partial charge in [-0.2, -0.15) is 0 Å². The van der Waals surface area contributed by atoms with Gasteiger partial charge < -0.3 is 10.1 Å². The zero-order valence-electron chi connectivity index (χ0n) is 8.27. The van der Waals surface area contributed by atoms with E-state index in [2.05, 4.69) is 9.97 Å². The van der Waals surface area contributed by atoms with Crippen LogP contribution in [-0.2, 0) is 0 Å². The summed E-state index contributed by atoms with van der Waals surface area (Å²) in [6, 6.07) is 8.76. The van der Waals surface area contributed by atoms with Crippen LogP contribution in [0.1, 0.15) is 0 Å². The van der Waals surface area contributed by atoms with E-state index < -0.39 is 0 Å². The van der Waals surface area contributed by atoms with Crippen molar-refractivity contribution in [2.24, 2.45) is 0 Å². The smallest absolute Gasteiger partial charge is 0.256 e. The zero-order chi connectivity index (χ0) is 11.1. The fraction of sp³-hybridized carbons (Fsp3) is 0. The molecule has 0 saturated carbocycles. The van der Waals surface area contributed by atoms with Crippen LogP contribution >= 0.6 is 0 Å². The third-order valence-electron chi connectivity index (χ3n) is 2.55. The molecule has 0 saturated heterocycles. The Labute approximate surface area is 90.2 Å². The van der Waals surface area contributed by atoms with Crippen molar-refractivity contribution in [2.45, 2.75) is 0 Å². The Hall–Kier alpha value is -2.36. The second-order valence-corrected chi connectivity index (χ2v) is 3.59. The minimum atomic E-state index is -0.171. The summed E-state index contributed by atoms with van der Waals surface area (Å²) in [4.78, 5) is 18.6. The Morgan fingerprint density at radius 1 is 1.19 bits per heavy atom. The number of rotatable bonds is 0. The molecule has 16 heavy (non-hydrogen) atoms. The average Bonchev–Trinajstić information content (AvgIpc) is 2.29. The van der Waals surface area contributed by atoms with Crippen LogP contribution in [0, 0.1) is 0 Å². The van der Waals surface area contributed by atoms with Gasteiger partial charge in [-0.3, -0.25) is 9.78 Å². The van der Waals surface area contributed by atoms with E-state index in [9.17, 15) is 9.90 Å². The molecule has 0 bridgehead atoms. The summed E-state index contributed by atoms with van der Waals surface area (Å²) < 4.78 is 0. The van der Waals surface area contributed by atoms with Crippen LogP contribution in [0.5, 0.6) is 5.75 Å². The van der Waals surface area contributed by atoms with Crippen molar-refractivity contribution in [1.29, 1.82) is 0 Å². The molecule has 0 unspecified atom stereocenters. The number of pyridine rings is 2. The molecule has 2 aromatic heterocycles.